The van der Waals surface area contributed by atoms with Gasteiger partial charge in [-0.3, -0.25) is 9.59 Å². The third kappa shape index (κ3) is 5.79. The second kappa shape index (κ2) is 10.9. The van der Waals surface area contributed by atoms with Gasteiger partial charge in [-0.15, -0.1) is 12.4 Å². The lowest BCUT2D eigenvalue weighted by atomic mass is 10.1. The summed E-state index contributed by atoms with van der Waals surface area (Å²) in [5, 5.41) is 11.4. The molecule has 26 heavy (non-hydrogen) atoms. The van der Waals surface area contributed by atoms with Crippen molar-refractivity contribution in [3.05, 3.63) is 40.3 Å². The molecule has 1 heterocycles. The second-order valence-corrected chi connectivity index (χ2v) is 6.27. The van der Waals surface area contributed by atoms with Crippen LogP contribution in [0.1, 0.15) is 24.3 Å². The summed E-state index contributed by atoms with van der Waals surface area (Å²) in [4.78, 5) is 25.1. The van der Waals surface area contributed by atoms with Gasteiger partial charge in [0.15, 0.2) is 5.69 Å². The van der Waals surface area contributed by atoms with Crippen molar-refractivity contribution in [3.63, 3.8) is 0 Å². The van der Waals surface area contributed by atoms with Gasteiger partial charge in [-0.2, -0.15) is 5.10 Å². The van der Waals surface area contributed by atoms with E-state index in [9.17, 15) is 9.59 Å². The molecule has 144 valence electrons. The van der Waals surface area contributed by atoms with Gasteiger partial charge in [0.1, 0.15) is 0 Å². The first-order valence-electron chi connectivity index (χ1n) is 8.52. The highest BCUT2D eigenvalue weighted by Gasteiger charge is 2.16. The average molecular weight is 383 g/mol. The van der Waals surface area contributed by atoms with Gasteiger partial charge in [0.25, 0.3) is 11.5 Å². The maximum Gasteiger partial charge on any atom is 0.274 e. The van der Waals surface area contributed by atoms with E-state index in [1.807, 2.05) is 13.8 Å². The molecule has 0 aliphatic rings. The summed E-state index contributed by atoms with van der Waals surface area (Å²) < 4.78 is 6.34. The summed E-state index contributed by atoms with van der Waals surface area (Å²) in [5.74, 6) is -0.0190. The van der Waals surface area contributed by atoms with Crippen LogP contribution >= 0.6 is 12.4 Å². The Bertz CT molecular complexity index is 777. The van der Waals surface area contributed by atoms with Crippen LogP contribution in [0.2, 0.25) is 0 Å². The van der Waals surface area contributed by atoms with Gasteiger partial charge in [0.2, 0.25) is 0 Å². The van der Waals surface area contributed by atoms with Gasteiger partial charge in [0.05, 0.1) is 12.0 Å². The SMILES string of the molecule is COCCNCCNC(=O)c1nn(CC(C)C)c(=O)c2ccccc12.Cl. The number of ether oxygens (including phenoxy) is 1. The van der Waals surface area contributed by atoms with Crippen molar-refractivity contribution in [1.82, 2.24) is 20.4 Å². The van der Waals surface area contributed by atoms with Crippen molar-refractivity contribution in [1.29, 1.82) is 0 Å². The van der Waals surface area contributed by atoms with Crippen LogP contribution in [-0.2, 0) is 11.3 Å². The lowest BCUT2D eigenvalue weighted by Crippen LogP contribution is -2.35. The minimum atomic E-state index is -0.276. The number of rotatable bonds is 9. The highest BCUT2D eigenvalue weighted by atomic mass is 35.5. The summed E-state index contributed by atoms with van der Waals surface area (Å²) in [5.41, 5.74) is 0.120. The number of hydrogen-bond acceptors (Lipinski definition) is 5. The number of hydrogen-bond donors (Lipinski definition) is 2. The molecule has 0 saturated carbocycles. The van der Waals surface area contributed by atoms with Crippen LogP contribution in [0.3, 0.4) is 0 Å². The molecule has 2 rings (SSSR count). The van der Waals surface area contributed by atoms with Crippen LogP contribution in [0.15, 0.2) is 29.1 Å². The molecule has 0 saturated heterocycles. The Labute approximate surface area is 159 Å². The van der Waals surface area contributed by atoms with E-state index in [1.54, 1.807) is 31.4 Å². The Morgan fingerprint density at radius 1 is 1.19 bits per heavy atom. The fourth-order valence-corrected chi connectivity index (χ4v) is 2.52. The molecule has 0 aliphatic carbocycles. The molecule has 1 aromatic carbocycles. The molecule has 1 amide bonds. The summed E-state index contributed by atoms with van der Waals surface area (Å²) in [6.07, 6.45) is 0. The van der Waals surface area contributed by atoms with E-state index >= 15 is 0 Å². The van der Waals surface area contributed by atoms with Crippen molar-refractivity contribution in [2.24, 2.45) is 5.92 Å². The van der Waals surface area contributed by atoms with E-state index in [1.165, 1.54) is 4.68 Å². The molecule has 0 fully saturated rings. The lowest BCUT2D eigenvalue weighted by molar-refractivity contribution is 0.0948. The van der Waals surface area contributed by atoms with Crippen LogP contribution in [-0.4, -0.2) is 49.0 Å². The molecule has 0 radical (unpaired) electrons. The number of methoxy groups -OCH3 is 1. The van der Waals surface area contributed by atoms with E-state index in [0.717, 1.165) is 6.54 Å². The molecule has 8 heteroatoms. The van der Waals surface area contributed by atoms with E-state index < -0.39 is 0 Å². The second-order valence-electron chi connectivity index (χ2n) is 6.27. The number of amides is 1. The van der Waals surface area contributed by atoms with E-state index in [4.69, 9.17) is 4.74 Å². The van der Waals surface area contributed by atoms with Crippen molar-refractivity contribution in [2.45, 2.75) is 20.4 Å². The molecular formula is C18H27ClN4O3. The summed E-state index contributed by atoms with van der Waals surface area (Å²) in [6, 6.07) is 7.10. The van der Waals surface area contributed by atoms with Crippen LogP contribution in [0.4, 0.5) is 0 Å². The van der Waals surface area contributed by atoms with Crippen LogP contribution in [0, 0.1) is 5.92 Å². The van der Waals surface area contributed by atoms with Crippen molar-refractivity contribution in [2.75, 3.05) is 33.4 Å². The van der Waals surface area contributed by atoms with E-state index in [-0.39, 0.29) is 35.5 Å². The lowest BCUT2D eigenvalue weighted by Gasteiger charge is -2.13. The number of nitrogens with zero attached hydrogens (tertiary/aromatic N) is 2. The standard InChI is InChI=1S/C18H26N4O3.ClH/c1-13(2)12-22-18(24)15-7-5-4-6-14(15)16(21-22)17(23)20-9-8-19-10-11-25-3;/h4-7,13,19H,8-12H2,1-3H3,(H,20,23);1H. The highest BCUT2D eigenvalue weighted by Crippen LogP contribution is 2.13. The molecule has 0 unspecified atom stereocenters. The zero-order valence-electron chi connectivity index (χ0n) is 15.4. The fourth-order valence-electron chi connectivity index (χ4n) is 2.52. The Kier molecular flexibility index (Phi) is 9.26. The molecular weight excluding hydrogens is 356 g/mol. The Balaban J connectivity index is 0.00000338. The van der Waals surface area contributed by atoms with Gasteiger partial charge in [-0.05, 0) is 12.0 Å². The van der Waals surface area contributed by atoms with Gasteiger partial charge in [-0.1, -0.05) is 32.0 Å². The Morgan fingerprint density at radius 3 is 2.54 bits per heavy atom. The largest absolute Gasteiger partial charge is 0.383 e. The number of aromatic nitrogens is 2. The van der Waals surface area contributed by atoms with Crippen LogP contribution in [0.25, 0.3) is 10.8 Å². The van der Waals surface area contributed by atoms with Gasteiger partial charge >= 0.3 is 0 Å². The molecule has 2 aromatic rings. The van der Waals surface area contributed by atoms with Gasteiger partial charge in [-0.25, -0.2) is 4.68 Å². The Hall–Kier alpha value is -1.96. The topological polar surface area (TPSA) is 85.2 Å². The zero-order chi connectivity index (χ0) is 18.2. The number of carbonyl (C=O) groups excluding carboxylic acids is 1. The molecule has 0 spiro atoms. The van der Waals surface area contributed by atoms with Crippen molar-refractivity contribution in [3.8, 4) is 0 Å². The molecule has 0 aliphatic heterocycles. The molecule has 2 N–H and O–H groups in total. The summed E-state index contributed by atoms with van der Waals surface area (Å²) in [7, 11) is 1.65. The summed E-state index contributed by atoms with van der Waals surface area (Å²) in [6.45, 7) is 6.96. The predicted octanol–water partition coefficient (Wildman–Crippen LogP) is 1.44. The predicted molar refractivity (Wildman–Crippen MR) is 105 cm³/mol. The van der Waals surface area contributed by atoms with E-state index in [0.29, 0.717) is 37.0 Å². The van der Waals surface area contributed by atoms with Crippen LogP contribution < -0.4 is 16.2 Å². The fraction of sp³-hybridized carbons (Fsp3) is 0.500. The molecule has 1 aromatic heterocycles. The Morgan fingerprint density at radius 2 is 1.88 bits per heavy atom. The van der Waals surface area contributed by atoms with Crippen LogP contribution in [0.5, 0.6) is 0 Å². The number of halogens is 1. The molecule has 0 atom stereocenters. The average Bonchev–Trinajstić information content (AvgIpc) is 2.60. The third-order valence-corrected chi connectivity index (χ3v) is 3.69. The maximum absolute atomic E-state index is 12.6. The van der Waals surface area contributed by atoms with Gasteiger partial charge < -0.3 is 15.4 Å². The van der Waals surface area contributed by atoms with E-state index in [2.05, 4.69) is 15.7 Å². The van der Waals surface area contributed by atoms with Crippen molar-refractivity contribution < 1.29 is 9.53 Å². The minimum Gasteiger partial charge on any atom is -0.383 e. The number of nitrogens with one attached hydrogen (secondary N) is 2. The first kappa shape index (κ1) is 22.1. The first-order chi connectivity index (χ1) is 12.0. The van der Waals surface area contributed by atoms with Gasteiger partial charge in [0, 0.05) is 38.7 Å². The number of carbonyl (C=O) groups is 1. The third-order valence-electron chi connectivity index (χ3n) is 3.69. The maximum atomic E-state index is 12.6. The smallest absolute Gasteiger partial charge is 0.274 e. The quantitative estimate of drug-likeness (QED) is 0.641. The monoisotopic (exact) mass is 382 g/mol. The summed E-state index contributed by atoms with van der Waals surface area (Å²) >= 11 is 0. The molecule has 7 nitrogen and oxygen atoms in total. The highest BCUT2D eigenvalue weighted by molar-refractivity contribution is 6.04. The number of fused-ring (bicyclic) bond motifs is 1. The first-order valence-corrected chi connectivity index (χ1v) is 8.52. The normalized spacial score (nSPS) is 10.8. The molecule has 0 bridgehead atoms. The minimum absolute atomic E-state index is 0. The zero-order valence-corrected chi connectivity index (χ0v) is 16.3. The van der Waals surface area contributed by atoms with Crippen molar-refractivity contribution >= 4 is 29.1 Å². The number of benzene rings is 1.